The Balaban J connectivity index is 1.45. The van der Waals surface area contributed by atoms with Crippen LogP contribution in [0.3, 0.4) is 0 Å². The fourth-order valence-corrected chi connectivity index (χ4v) is 7.70. The van der Waals surface area contributed by atoms with Gasteiger partial charge in [0.25, 0.3) is 0 Å². The van der Waals surface area contributed by atoms with Crippen molar-refractivity contribution >= 4 is 11.9 Å². The molecule has 11 atom stereocenters. The van der Waals surface area contributed by atoms with E-state index in [2.05, 4.69) is 45.9 Å². The number of aliphatic hydroxyl groups is 1. The van der Waals surface area contributed by atoms with Gasteiger partial charge >= 0.3 is 11.9 Å². The van der Waals surface area contributed by atoms with Crippen LogP contribution in [0.1, 0.15) is 86.5 Å². The highest BCUT2D eigenvalue weighted by molar-refractivity contribution is 5.82. The Morgan fingerprint density at radius 2 is 1.95 bits per heavy atom. The Hall–Kier alpha value is -2.26. The van der Waals surface area contributed by atoms with E-state index >= 15 is 0 Å². The molecule has 11 unspecified atom stereocenters. The van der Waals surface area contributed by atoms with Gasteiger partial charge in [-0.2, -0.15) is 0 Å². The molecule has 0 aromatic rings. The Morgan fingerprint density at radius 3 is 2.70 bits per heavy atom. The number of ether oxygens (including phenoxy) is 5. The van der Waals surface area contributed by atoms with E-state index in [4.69, 9.17) is 23.7 Å². The van der Waals surface area contributed by atoms with Gasteiger partial charge in [-0.3, -0.25) is 4.79 Å². The van der Waals surface area contributed by atoms with Crippen molar-refractivity contribution < 1.29 is 38.4 Å². The third-order valence-electron chi connectivity index (χ3n) is 10.2. The second-order valence-electron chi connectivity index (χ2n) is 14.3. The quantitative estimate of drug-likeness (QED) is 0.236. The van der Waals surface area contributed by atoms with E-state index in [0.717, 1.165) is 37.7 Å². The molecule has 5 aliphatic rings. The predicted molar refractivity (Wildman–Crippen MR) is 166 cm³/mol. The number of hydrogen-bond donors (Lipinski definition) is 1. The Kier molecular flexibility index (Phi) is 10.6. The molecule has 0 saturated carbocycles. The van der Waals surface area contributed by atoms with E-state index in [0.29, 0.717) is 36.9 Å². The van der Waals surface area contributed by atoms with Crippen molar-refractivity contribution in [3.63, 3.8) is 0 Å². The largest absolute Gasteiger partial charge is 0.462 e. The fourth-order valence-electron chi connectivity index (χ4n) is 7.70. The fraction of sp³-hybridized carbons (Fsp3) is 0.722. The second kappa shape index (κ2) is 14.0. The third-order valence-corrected chi connectivity index (χ3v) is 10.2. The molecular formula is C36H52O8. The van der Waals surface area contributed by atoms with Crippen molar-refractivity contribution in [2.75, 3.05) is 13.2 Å². The average molecular weight is 613 g/mol. The summed E-state index contributed by atoms with van der Waals surface area (Å²) in [5.74, 6) is -1.61. The van der Waals surface area contributed by atoms with Crippen molar-refractivity contribution in [2.24, 2.45) is 29.6 Å². The van der Waals surface area contributed by atoms with Crippen LogP contribution in [0.15, 0.2) is 47.1 Å². The molecule has 1 aliphatic carbocycles. The lowest BCUT2D eigenvalue weighted by atomic mass is 9.71. The monoisotopic (exact) mass is 612 g/mol. The molecule has 244 valence electrons. The number of esters is 2. The van der Waals surface area contributed by atoms with Crippen molar-refractivity contribution in [1.29, 1.82) is 0 Å². The van der Waals surface area contributed by atoms with Crippen LogP contribution in [-0.4, -0.2) is 66.6 Å². The first-order valence-corrected chi connectivity index (χ1v) is 16.6. The summed E-state index contributed by atoms with van der Waals surface area (Å²) in [4.78, 5) is 26.4. The molecule has 4 heterocycles. The van der Waals surface area contributed by atoms with Crippen LogP contribution in [0.2, 0.25) is 0 Å². The summed E-state index contributed by atoms with van der Waals surface area (Å²) >= 11 is 0. The van der Waals surface area contributed by atoms with Gasteiger partial charge in [0.05, 0.1) is 30.8 Å². The number of rotatable bonds is 3. The Labute approximate surface area is 262 Å². The van der Waals surface area contributed by atoms with Gasteiger partial charge in [-0.15, -0.1) is 0 Å². The van der Waals surface area contributed by atoms with Crippen LogP contribution in [0.5, 0.6) is 0 Å². The molecule has 1 spiro atoms. The molecular weight excluding hydrogens is 560 g/mol. The molecule has 3 fully saturated rings. The number of carbonyl (C=O) groups is 2. The van der Waals surface area contributed by atoms with Crippen molar-refractivity contribution in [1.82, 2.24) is 0 Å². The minimum Gasteiger partial charge on any atom is -0.462 e. The van der Waals surface area contributed by atoms with Gasteiger partial charge in [0.2, 0.25) is 0 Å². The maximum atomic E-state index is 14.2. The maximum Gasteiger partial charge on any atom is 0.331 e. The highest BCUT2D eigenvalue weighted by atomic mass is 16.7. The van der Waals surface area contributed by atoms with E-state index in [1.54, 1.807) is 6.08 Å². The molecule has 4 aliphatic heterocycles. The lowest BCUT2D eigenvalue weighted by Gasteiger charge is -2.49. The lowest BCUT2D eigenvalue weighted by Crippen LogP contribution is -2.54. The normalized spacial score (nSPS) is 43.1. The second-order valence-corrected chi connectivity index (χ2v) is 14.3. The van der Waals surface area contributed by atoms with E-state index in [1.165, 1.54) is 11.6 Å². The summed E-state index contributed by atoms with van der Waals surface area (Å²) in [6.07, 6.45) is 13.2. The van der Waals surface area contributed by atoms with E-state index in [1.807, 2.05) is 13.8 Å². The molecule has 8 nitrogen and oxygen atoms in total. The topological polar surface area (TPSA) is 101 Å². The number of fused-ring (bicyclic) bond motifs is 2. The number of aliphatic hydroxyl groups excluding tert-OH is 1. The highest BCUT2D eigenvalue weighted by Gasteiger charge is 2.53. The van der Waals surface area contributed by atoms with Crippen molar-refractivity contribution in [3.8, 4) is 0 Å². The van der Waals surface area contributed by atoms with Gasteiger partial charge in [0.15, 0.2) is 5.79 Å². The van der Waals surface area contributed by atoms with Crippen LogP contribution >= 0.6 is 0 Å². The molecule has 1 N–H and O–H groups in total. The van der Waals surface area contributed by atoms with Crippen LogP contribution in [0.25, 0.3) is 0 Å². The minimum absolute atomic E-state index is 0.0454. The molecule has 2 bridgehead atoms. The molecule has 3 saturated heterocycles. The number of carbonyl (C=O) groups excluding carboxylic acids is 2. The first kappa shape index (κ1) is 33.1. The molecule has 5 rings (SSSR count). The van der Waals surface area contributed by atoms with Gasteiger partial charge in [-0.05, 0) is 76.7 Å². The van der Waals surface area contributed by atoms with Gasteiger partial charge in [0.1, 0.15) is 18.8 Å². The van der Waals surface area contributed by atoms with Crippen LogP contribution < -0.4 is 0 Å². The molecule has 0 aromatic heterocycles. The summed E-state index contributed by atoms with van der Waals surface area (Å²) in [7, 11) is 0. The van der Waals surface area contributed by atoms with Gasteiger partial charge in [0, 0.05) is 31.3 Å². The Bertz CT molecular complexity index is 1180. The van der Waals surface area contributed by atoms with E-state index in [9.17, 15) is 14.7 Å². The lowest BCUT2D eigenvalue weighted by molar-refractivity contribution is -0.332. The minimum atomic E-state index is -0.968. The zero-order valence-corrected chi connectivity index (χ0v) is 27.3. The number of hydrogen-bond acceptors (Lipinski definition) is 8. The average Bonchev–Trinajstić information content (AvgIpc) is 3.37. The zero-order chi connectivity index (χ0) is 31.6. The van der Waals surface area contributed by atoms with Gasteiger partial charge in [-0.25, -0.2) is 4.79 Å². The van der Waals surface area contributed by atoms with Gasteiger partial charge in [-0.1, -0.05) is 49.3 Å². The summed E-state index contributed by atoms with van der Waals surface area (Å²) in [5, 5.41) is 11.3. The van der Waals surface area contributed by atoms with Crippen molar-refractivity contribution in [2.45, 2.75) is 123 Å². The van der Waals surface area contributed by atoms with Crippen LogP contribution in [-0.2, 0) is 33.3 Å². The Morgan fingerprint density at radius 1 is 1.16 bits per heavy atom. The van der Waals surface area contributed by atoms with E-state index in [-0.39, 0.29) is 42.7 Å². The SMILES string of the molecule is CC(C)=CC(=O)OCC1=CC2C(=O)OC3CC(C/C=C(\C)CC(C)/C=C/CC4COC(C1O)C42)OC1(CCC(C)C(C)O1)C3. The molecule has 0 radical (unpaired) electrons. The summed E-state index contributed by atoms with van der Waals surface area (Å²) in [6.45, 7) is 12.7. The predicted octanol–water partition coefficient (Wildman–Crippen LogP) is 5.99. The third kappa shape index (κ3) is 7.75. The molecule has 44 heavy (non-hydrogen) atoms. The molecule has 0 aromatic carbocycles. The summed E-state index contributed by atoms with van der Waals surface area (Å²) in [6, 6.07) is 0. The maximum absolute atomic E-state index is 14.2. The van der Waals surface area contributed by atoms with Crippen molar-refractivity contribution in [3.05, 3.63) is 47.1 Å². The first-order valence-electron chi connectivity index (χ1n) is 16.6. The molecule has 8 heteroatoms. The first-order chi connectivity index (χ1) is 20.9. The van der Waals surface area contributed by atoms with E-state index < -0.39 is 29.9 Å². The van der Waals surface area contributed by atoms with Crippen LogP contribution in [0.4, 0.5) is 0 Å². The highest BCUT2D eigenvalue weighted by Crippen LogP contribution is 2.46. The zero-order valence-electron chi connectivity index (χ0n) is 27.3. The smallest absolute Gasteiger partial charge is 0.331 e. The number of allylic oxidation sites excluding steroid dienone is 4. The molecule has 0 amide bonds. The van der Waals surface area contributed by atoms with Gasteiger partial charge < -0.3 is 28.8 Å². The summed E-state index contributed by atoms with van der Waals surface area (Å²) < 4.78 is 31.3. The standard InChI is InChI=1S/C36H52O8/c1-21(2)14-31(37)40-20-27-16-30-32-26(19-41-34(32)33(27)38)9-7-8-22(3)15-23(4)10-11-28-17-29(42-35(30)39)18-36(44-28)13-12-24(5)25(6)43-36/h7-8,10,14,16,22,24-26,28-30,32-34,38H,9,11-13,15,17-20H2,1-6H3/b8-7+,23-10+. The van der Waals surface area contributed by atoms with Crippen LogP contribution in [0, 0.1) is 29.6 Å². The summed E-state index contributed by atoms with van der Waals surface area (Å²) in [5.41, 5.74) is 2.62.